The fraction of sp³-hybridized carbons (Fsp3) is 0. The maximum atomic E-state index is 6.45. The molecular formula is C52H32N2O. The lowest BCUT2D eigenvalue weighted by molar-refractivity contribution is 0.669. The van der Waals surface area contributed by atoms with Crippen molar-refractivity contribution in [2.75, 3.05) is 0 Å². The smallest absolute Gasteiger partial charge is 0.137 e. The highest BCUT2D eigenvalue weighted by molar-refractivity contribution is 6.19. The molecule has 12 rings (SSSR count). The van der Waals surface area contributed by atoms with Crippen LogP contribution in [0.2, 0.25) is 0 Å². The van der Waals surface area contributed by atoms with Gasteiger partial charge < -0.3 is 13.6 Å². The lowest BCUT2D eigenvalue weighted by atomic mass is 10.00. The van der Waals surface area contributed by atoms with Crippen LogP contribution in [0.25, 0.3) is 110 Å². The number of benzene rings is 9. The van der Waals surface area contributed by atoms with E-state index in [1.54, 1.807) is 0 Å². The number of rotatable bonds is 4. The van der Waals surface area contributed by atoms with E-state index in [1.165, 1.54) is 71.1 Å². The summed E-state index contributed by atoms with van der Waals surface area (Å²) >= 11 is 0. The Morgan fingerprint density at radius 3 is 1.69 bits per heavy atom. The zero-order valence-corrected chi connectivity index (χ0v) is 29.8. The van der Waals surface area contributed by atoms with Gasteiger partial charge in [-0.05, 0) is 88.3 Å². The second-order valence-electron chi connectivity index (χ2n) is 14.5. The highest BCUT2D eigenvalue weighted by Crippen LogP contribution is 2.42. The third kappa shape index (κ3) is 4.50. The van der Waals surface area contributed by atoms with Gasteiger partial charge in [-0.3, -0.25) is 0 Å². The Bertz CT molecular complexity index is 3470. The highest BCUT2D eigenvalue weighted by Gasteiger charge is 2.19. The Morgan fingerprint density at radius 1 is 0.291 bits per heavy atom. The van der Waals surface area contributed by atoms with Gasteiger partial charge in [-0.2, -0.15) is 0 Å². The van der Waals surface area contributed by atoms with E-state index in [4.69, 9.17) is 4.42 Å². The summed E-state index contributed by atoms with van der Waals surface area (Å²) in [5.74, 6) is 0. The molecule has 3 heterocycles. The molecule has 12 aromatic rings. The van der Waals surface area contributed by atoms with E-state index in [9.17, 15) is 0 Å². The van der Waals surface area contributed by atoms with Crippen molar-refractivity contribution in [3.63, 3.8) is 0 Å². The molecule has 0 amide bonds. The van der Waals surface area contributed by atoms with Crippen LogP contribution in [0.4, 0.5) is 0 Å². The van der Waals surface area contributed by atoms with Gasteiger partial charge in [-0.1, -0.05) is 127 Å². The van der Waals surface area contributed by atoms with Gasteiger partial charge in [0.2, 0.25) is 0 Å². The quantitative estimate of drug-likeness (QED) is 0.179. The van der Waals surface area contributed by atoms with Crippen molar-refractivity contribution in [3.05, 3.63) is 194 Å². The van der Waals surface area contributed by atoms with Crippen LogP contribution in [0.15, 0.2) is 199 Å². The van der Waals surface area contributed by atoms with Crippen LogP contribution in [0.1, 0.15) is 0 Å². The number of furan rings is 1. The number of hydrogen-bond donors (Lipinski definition) is 0. The first-order chi connectivity index (χ1) is 27.3. The summed E-state index contributed by atoms with van der Waals surface area (Å²) in [6, 6.07) is 70.3. The highest BCUT2D eigenvalue weighted by atomic mass is 16.3. The molecule has 0 saturated carbocycles. The summed E-state index contributed by atoms with van der Waals surface area (Å²) in [5, 5.41) is 9.62. The summed E-state index contributed by atoms with van der Waals surface area (Å²) in [5.41, 5.74) is 13.6. The van der Waals surface area contributed by atoms with Gasteiger partial charge >= 0.3 is 0 Å². The molecular weight excluding hydrogens is 669 g/mol. The summed E-state index contributed by atoms with van der Waals surface area (Å²) in [7, 11) is 0. The molecule has 0 aliphatic heterocycles. The molecule has 0 saturated heterocycles. The van der Waals surface area contributed by atoms with Crippen molar-refractivity contribution in [2.45, 2.75) is 0 Å². The first kappa shape index (κ1) is 30.1. The third-order valence-corrected chi connectivity index (χ3v) is 11.5. The van der Waals surface area contributed by atoms with Crippen molar-refractivity contribution in [1.82, 2.24) is 9.13 Å². The first-order valence-electron chi connectivity index (χ1n) is 18.8. The first-order valence-corrected chi connectivity index (χ1v) is 18.8. The van der Waals surface area contributed by atoms with Crippen LogP contribution in [0.3, 0.4) is 0 Å². The summed E-state index contributed by atoms with van der Waals surface area (Å²) < 4.78 is 11.3. The van der Waals surface area contributed by atoms with Crippen molar-refractivity contribution < 1.29 is 4.42 Å². The molecule has 0 aliphatic rings. The summed E-state index contributed by atoms with van der Waals surface area (Å²) in [4.78, 5) is 0. The summed E-state index contributed by atoms with van der Waals surface area (Å²) in [6.45, 7) is 0. The van der Waals surface area contributed by atoms with Gasteiger partial charge in [0.15, 0.2) is 0 Å². The largest absolute Gasteiger partial charge is 0.456 e. The molecule has 55 heavy (non-hydrogen) atoms. The maximum absolute atomic E-state index is 6.45. The van der Waals surface area contributed by atoms with Crippen LogP contribution in [0, 0.1) is 0 Å². The van der Waals surface area contributed by atoms with Crippen molar-refractivity contribution in [2.24, 2.45) is 0 Å². The van der Waals surface area contributed by atoms with E-state index in [0.29, 0.717) is 0 Å². The van der Waals surface area contributed by atoms with E-state index >= 15 is 0 Å². The normalized spacial score (nSPS) is 12.0. The van der Waals surface area contributed by atoms with Crippen LogP contribution in [0.5, 0.6) is 0 Å². The molecule has 0 spiro atoms. The Labute approximate surface area is 316 Å². The number of nitrogens with zero attached hydrogens (tertiary/aromatic N) is 2. The molecule has 256 valence electrons. The lowest BCUT2D eigenvalue weighted by Crippen LogP contribution is -1.95. The van der Waals surface area contributed by atoms with Gasteiger partial charge in [0.1, 0.15) is 11.2 Å². The van der Waals surface area contributed by atoms with Gasteiger partial charge in [0, 0.05) is 49.5 Å². The molecule has 0 N–H and O–H groups in total. The molecule has 0 fully saturated rings. The van der Waals surface area contributed by atoms with Gasteiger partial charge in [-0.15, -0.1) is 0 Å². The minimum atomic E-state index is 0.898. The van der Waals surface area contributed by atoms with Gasteiger partial charge in [0.05, 0.1) is 27.8 Å². The van der Waals surface area contributed by atoms with Gasteiger partial charge in [0.25, 0.3) is 0 Å². The predicted octanol–water partition coefficient (Wildman–Crippen LogP) is 14.3. The monoisotopic (exact) mass is 700 g/mol. The second-order valence-corrected chi connectivity index (χ2v) is 14.5. The van der Waals surface area contributed by atoms with E-state index in [-0.39, 0.29) is 0 Å². The molecule has 3 nitrogen and oxygen atoms in total. The second kappa shape index (κ2) is 11.6. The molecule has 0 unspecified atom stereocenters. The third-order valence-electron chi connectivity index (χ3n) is 11.5. The maximum Gasteiger partial charge on any atom is 0.137 e. The number of aromatic nitrogens is 2. The number of hydrogen-bond acceptors (Lipinski definition) is 1. The minimum absolute atomic E-state index is 0.898. The molecule has 0 atom stereocenters. The standard InChI is InChI=1S/C52H32N2O/c1-2-11-33(12-3-1)34-21-25-38(26-22-34)53-47-18-8-6-16-40(47)42-29-36(23-27-48(42)53)37-24-28-49-43(30-37)44-31-45-41-17-7-9-20-51(41)55-52(45)32-50(44)54(49)46-19-10-14-35-13-4-5-15-39(35)46/h1-32H. The average molecular weight is 701 g/mol. The van der Waals surface area contributed by atoms with E-state index in [1.807, 2.05) is 6.07 Å². The Kier molecular flexibility index (Phi) is 6.34. The average Bonchev–Trinajstić information content (AvgIpc) is 3.89. The fourth-order valence-electron chi connectivity index (χ4n) is 8.94. The van der Waals surface area contributed by atoms with Crippen LogP contribution < -0.4 is 0 Å². The fourth-order valence-corrected chi connectivity index (χ4v) is 8.94. The van der Waals surface area contributed by atoms with Crippen molar-refractivity contribution >= 4 is 76.3 Å². The minimum Gasteiger partial charge on any atom is -0.456 e. The van der Waals surface area contributed by atoms with Crippen LogP contribution in [-0.4, -0.2) is 9.13 Å². The molecule has 0 radical (unpaired) electrons. The van der Waals surface area contributed by atoms with Crippen molar-refractivity contribution in [1.29, 1.82) is 0 Å². The SMILES string of the molecule is c1ccc(-c2ccc(-n3c4ccccc4c4cc(-c5ccc6c(c5)c5cc7c(cc5n6-c5cccc6ccccc56)oc5ccccc57)ccc43)cc2)cc1. The lowest BCUT2D eigenvalue weighted by Gasteiger charge is -2.12. The van der Waals surface area contributed by atoms with Crippen molar-refractivity contribution in [3.8, 4) is 33.6 Å². The zero-order valence-electron chi connectivity index (χ0n) is 29.8. The topological polar surface area (TPSA) is 23.0 Å². The Balaban J connectivity index is 1.07. The summed E-state index contributed by atoms with van der Waals surface area (Å²) in [6.07, 6.45) is 0. The Hall–Kier alpha value is -7.36. The number of fused-ring (bicyclic) bond motifs is 10. The predicted molar refractivity (Wildman–Crippen MR) is 231 cm³/mol. The molecule has 9 aromatic carbocycles. The van der Waals surface area contributed by atoms with Gasteiger partial charge in [-0.25, -0.2) is 0 Å². The molecule has 3 aromatic heterocycles. The zero-order chi connectivity index (χ0) is 36.0. The van der Waals surface area contributed by atoms with Crippen LogP contribution in [-0.2, 0) is 0 Å². The molecule has 0 aliphatic carbocycles. The Morgan fingerprint density at radius 2 is 0.873 bits per heavy atom. The van der Waals surface area contributed by atoms with Crippen LogP contribution >= 0.6 is 0 Å². The molecule has 0 bridgehead atoms. The number of para-hydroxylation sites is 2. The molecule has 3 heteroatoms. The van der Waals surface area contributed by atoms with E-state index in [2.05, 4.69) is 197 Å². The van der Waals surface area contributed by atoms with E-state index in [0.717, 1.165) is 38.8 Å². The van der Waals surface area contributed by atoms with E-state index < -0.39 is 0 Å².